The minimum Gasteiger partial charge on any atom is -0.378 e. The molecule has 4 nitrogen and oxygen atoms in total. The highest BCUT2D eigenvalue weighted by molar-refractivity contribution is 7.10. The van der Waals surface area contributed by atoms with Crippen LogP contribution in [0.5, 0.6) is 0 Å². The van der Waals surface area contributed by atoms with Crippen molar-refractivity contribution in [3.63, 3.8) is 0 Å². The van der Waals surface area contributed by atoms with Crippen molar-refractivity contribution in [3.05, 3.63) is 47.2 Å². The first-order chi connectivity index (χ1) is 10.7. The van der Waals surface area contributed by atoms with Gasteiger partial charge in [0.25, 0.3) is 5.91 Å². The molecular formula is C17H21N3OS. The number of anilines is 1. The molecule has 1 aromatic heterocycles. The van der Waals surface area contributed by atoms with Crippen molar-refractivity contribution in [1.82, 2.24) is 9.69 Å². The van der Waals surface area contributed by atoms with Crippen LogP contribution in [0.3, 0.4) is 0 Å². The lowest BCUT2D eigenvalue weighted by molar-refractivity contribution is 0.0928. The summed E-state index contributed by atoms with van der Waals surface area (Å²) in [4.78, 5) is 12.5. The predicted molar refractivity (Wildman–Crippen MR) is 90.7 cm³/mol. The number of aryl methyl sites for hydroxylation is 1. The molecule has 1 aliphatic carbocycles. The molecule has 0 bridgehead atoms. The Hall–Kier alpha value is -1.88. The zero-order chi connectivity index (χ0) is 15.6. The van der Waals surface area contributed by atoms with Crippen LogP contribution in [0, 0.1) is 6.92 Å². The lowest BCUT2D eigenvalue weighted by Gasteiger charge is -2.42. The summed E-state index contributed by atoms with van der Waals surface area (Å²) >= 11 is 1.33. The maximum Gasteiger partial charge on any atom is 0.256 e. The molecule has 22 heavy (non-hydrogen) atoms. The second-order valence-electron chi connectivity index (χ2n) is 5.90. The van der Waals surface area contributed by atoms with Crippen LogP contribution in [-0.2, 0) is 5.41 Å². The van der Waals surface area contributed by atoms with E-state index in [1.807, 2.05) is 20.0 Å². The number of carbonyl (C=O) groups is 1. The molecule has 5 heteroatoms. The van der Waals surface area contributed by atoms with E-state index in [-0.39, 0.29) is 11.3 Å². The van der Waals surface area contributed by atoms with Gasteiger partial charge >= 0.3 is 0 Å². The molecule has 116 valence electrons. The summed E-state index contributed by atoms with van der Waals surface area (Å²) in [6.45, 7) is 2.57. The first kappa shape index (κ1) is 15.0. The molecule has 2 N–H and O–H groups in total. The first-order valence-electron chi connectivity index (χ1n) is 7.64. The maximum absolute atomic E-state index is 12.5. The minimum atomic E-state index is -0.0298. The van der Waals surface area contributed by atoms with Crippen molar-refractivity contribution < 1.29 is 4.79 Å². The van der Waals surface area contributed by atoms with E-state index in [1.54, 1.807) is 0 Å². The fourth-order valence-electron chi connectivity index (χ4n) is 3.11. The molecule has 0 radical (unpaired) electrons. The zero-order valence-corrected chi connectivity index (χ0v) is 13.8. The minimum absolute atomic E-state index is 0.0298. The second-order valence-corrected chi connectivity index (χ2v) is 6.68. The van der Waals surface area contributed by atoms with E-state index in [9.17, 15) is 4.79 Å². The van der Waals surface area contributed by atoms with Crippen LogP contribution >= 0.6 is 11.5 Å². The number of rotatable bonds is 5. The van der Waals surface area contributed by atoms with Gasteiger partial charge in [-0.15, -0.1) is 0 Å². The van der Waals surface area contributed by atoms with Crippen molar-refractivity contribution in [2.75, 3.05) is 18.9 Å². The molecular weight excluding hydrogens is 294 g/mol. The van der Waals surface area contributed by atoms with Crippen LogP contribution in [0.2, 0.25) is 0 Å². The van der Waals surface area contributed by atoms with Gasteiger partial charge in [-0.2, -0.15) is 4.37 Å². The second kappa shape index (κ2) is 6.08. The van der Waals surface area contributed by atoms with Gasteiger partial charge in [0.15, 0.2) is 0 Å². The van der Waals surface area contributed by atoms with Crippen molar-refractivity contribution >= 4 is 22.4 Å². The molecule has 1 amide bonds. The maximum atomic E-state index is 12.5. The Bertz CT molecular complexity index is 662. The molecule has 1 heterocycles. The number of carbonyl (C=O) groups excluding carboxylic acids is 1. The van der Waals surface area contributed by atoms with E-state index < -0.39 is 0 Å². The van der Waals surface area contributed by atoms with E-state index in [4.69, 9.17) is 0 Å². The van der Waals surface area contributed by atoms with Gasteiger partial charge in [0.05, 0.1) is 11.3 Å². The monoisotopic (exact) mass is 315 g/mol. The summed E-state index contributed by atoms with van der Waals surface area (Å²) < 4.78 is 4.26. The number of hydrogen-bond donors (Lipinski definition) is 2. The fraction of sp³-hybridized carbons (Fsp3) is 0.412. The number of hydrogen-bond acceptors (Lipinski definition) is 4. The largest absolute Gasteiger partial charge is 0.378 e. The Morgan fingerprint density at radius 2 is 2.05 bits per heavy atom. The number of nitrogens with one attached hydrogen (secondary N) is 2. The highest BCUT2D eigenvalue weighted by Crippen LogP contribution is 2.43. The Labute approximate surface area is 135 Å². The van der Waals surface area contributed by atoms with Gasteiger partial charge < -0.3 is 10.6 Å². The lowest BCUT2D eigenvalue weighted by atomic mass is 9.64. The van der Waals surface area contributed by atoms with E-state index >= 15 is 0 Å². The fourth-order valence-corrected chi connectivity index (χ4v) is 3.85. The Kier molecular flexibility index (Phi) is 4.16. The van der Waals surface area contributed by atoms with E-state index in [0.29, 0.717) is 12.1 Å². The van der Waals surface area contributed by atoms with Gasteiger partial charge in [0.1, 0.15) is 5.00 Å². The van der Waals surface area contributed by atoms with Gasteiger partial charge in [-0.1, -0.05) is 36.8 Å². The van der Waals surface area contributed by atoms with Crippen LogP contribution in [0.4, 0.5) is 5.00 Å². The third-order valence-corrected chi connectivity index (χ3v) is 5.56. The predicted octanol–water partition coefficient (Wildman–Crippen LogP) is 3.34. The van der Waals surface area contributed by atoms with Crippen molar-refractivity contribution in [1.29, 1.82) is 0 Å². The molecule has 0 saturated heterocycles. The topological polar surface area (TPSA) is 54.0 Å². The molecule has 0 atom stereocenters. The average Bonchev–Trinajstić information content (AvgIpc) is 2.88. The summed E-state index contributed by atoms with van der Waals surface area (Å²) in [7, 11) is 1.82. The van der Waals surface area contributed by atoms with Crippen molar-refractivity contribution in [2.24, 2.45) is 0 Å². The van der Waals surface area contributed by atoms with Crippen molar-refractivity contribution in [3.8, 4) is 0 Å². The Balaban J connectivity index is 1.74. The molecule has 1 fully saturated rings. The van der Waals surface area contributed by atoms with Gasteiger partial charge in [-0.05, 0) is 36.9 Å². The van der Waals surface area contributed by atoms with E-state index in [1.165, 1.54) is 23.5 Å². The normalized spacial score (nSPS) is 15.9. The highest BCUT2D eigenvalue weighted by atomic mass is 32.1. The summed E-state index contributed by atoms with van der Waals surface area (Å²) in [6.07, 6.45) is 3.50. The number of nitrogens with zero attached hydrogens (tertiary/aromatic N) is 1. The van der Waals surface area contributed by atoms with E-state index in [2.05, 4.69) is 39.3 Å². The number of amides is 1. The zero-order valence-electron chi connectivity index (χ0n) is 13.0. The average molecular weight is 315 g/mol. The van der Waals surface area contributed by atoms with Gasteiger partial charge in [0.2, 0.25) is 0 Å². The van der Waals surface area contributed by atoms with Crippen LogP contribution in [0.1, 0.15) is 40.9 Å². The summed E-state index contributed by atoms with van der Waals surface area (Å²) in [5, 5.41) is 7.01. The molecule has 2 aromatic rings. The van der Waals surface area contributed by atoms with Crippen LogP contribution in [-0.4, -0.2) is 23.9 Å². The standard InChI is InChI=1S/C17H21N3OS/c1-12-14(16(18-2)22-20-12)15(21)19-11-17(9-6-10-17)13-7-4-3-5-8-13/h3-5,7-8,18H,6,9-11H2,1-2H3,(H,19,21). The third kappa shape index (κ3) is 2.61. The SMILES string of the molecule is CNc1snc(C)c1C(=O)NCC1(c2ccccc2)CCC1. The molecule has 1 aromatic carbocycles. The smallest absolute Gasteiger partial charge is 0.256 e. The molecule has 0 aliphatic heterocycles. The van der Waals surface area contributed by atoms with Crippen LogP contribution < -0.4 is 10.6 Å². The number of aromatic nitrogens is 1. The molecule has 1 aliphatic rings. The van der Waals surface area contributed by atoms with E-state index in [0.717, 1.165) is 23.5 Å². The van der Waals surface area contributed by atoms with Gasteiger partial charge in [0, 0.05) is 19.0 Å². The first-order valence-corrected chi connectivity index (χ1v) is 8.41. The molecule has 1 saturated carbocycles. The Morgan fingerprint density at radius 1 is 1.32 bits per heavy atom. The summed E-state index contributed by atoms with van der Waals surface area (Å²) in [5.74, 6) is -0.0298. The summed E-state index contributed by atoms with van der Waals surface area (Å²) in [5.41, 5.74) is 2.90. The van der Waals surface area contributed by atoms with Crippen LogP contribution in [0.15, 0.2) is 30.3 Å². The molecule has 0 spiro atoms. The number of benzene rings is 1. The highest BCUT2D eigenvalue weighted by Gasteiger charge is 2.39. The van der Waals surface area contributed by atoms with Crippen molar-refractivity contribution in [2.45, 2.75) is 31.6 Å². The lowest BCUT2D eigenvalue weighted by Crippen LogP contribution is -2.45. The Morgan fingerprint density at radius 3 is 2.64 bits per heavy atom. The molecule has 3 rings (SSSR count). The molecule has 0 unspecified atom stereocenters. The van der Waals surface area contributed by atoms with Gasteiger partial charge in [-0.3, -0.25) is 4.79 Å². The third-order valence-electron chi connectivity index (χ3n) is 4.60. The quantitative estimate of drug-likeness (QED) is 0.889. The summed E-state index contributed by atoms with van der Waals surface area (Å²) in [6, 6.07) is 10.5. The van der Waals surface area contributed by atoms with Crippen LogP contribution in [0.25, 0.3) is 0 Å². The van der Waals surface area contributed by atoms with Gasteiger partial charge in [-0.25, -0.2) is 0 Å².